The molecule has 3 nitrogen and oxygen atoms in total. The predicted molar refractivity (Wildman–Crippen MR) is 83.3 cm³/mol. The topological polar surface area (TPSA) is 55.3 Å². The normalized spacial score (nSPS) is 24.6. The minimum Gasteiger partial charge on any atom is -0.397 e. The van der Waals surface area contributed by atoms with Crippen LogP contribution in [0.5, 0.6) is 0 Å². The van der Waals surface area contributed by atoms with Crippen molar-refractivity contribution in [2.75, 3.05) is 24.6 Å². The second kappa shape index (κ2) is 5.65. The van der Waals surface area contributed by atoms with Crippen LogP contribution in [0.3, 0.4) is 0 Å². The van der Waals surface area contributed by atoms with Crippen molar-refractivity contribution in [3.8, 4) is 0 Å². The molecular formula is C16H24F3N3. The molecule has 22 heavy (non-hydrogen) atoms. The fraction of sp³-hybridized carbons (Fsp3) is 0.625. The molecule has 1 heterocycles. The first kappa shape index (κ1) is 16.9. The van der Waals surface area contributed by atoms with Crippen LogP contribution in [0.2, 0.25) is 0 Å². The zero-order valence-corrected chi connectivity index (χ0v) is 13.3. The quantitative estimate of drug-likeness (QED) is 0.827. The van der Waals surface area contributed by atoms with Crippen molar-refractivity contribution in [1.29, 1.82) is 0 Å². The standard InChI is InChI=1S/C16H24F3N3/c1-4-15(3)5-6-22(9-15)10(2)11-7-12(16(17,18)19)14(21)13(20)8-11/h7-8,10H,4-6,9,20-21H2,1-3H3. The molecule has 1 fully saturated rings. The van der Waals surface area contributed by atoms with Gasteiger partial charge in [0.1, 0.15) is 0 Å². The maximum absolute atomic E-state index is 13.1. The Morgan fingerprint density at radius 2 is 1.95 bits per heavy atom. The van der Waals surface area contributed by atoms with Crippen molar-refractivity contribution in [3.63, 3.8) is 0 Å². The van der Waals surface area contributed by atoms with Crippen LogP contribution in [0, 0.1) is 5.41 Å². The maximum atomic E-state index is 13.1. The van der Waals surface area contributed by atoms with E-state index >= 15 is 0 Å². The van der Waals surface area contributed by atoms with Gasteiger partial charge in [0.25, 0.3) is 0 Å². The SMILES string of the molecule is CCC1(C)CCN(C(C)c2cc(N)c(N)c(C(F)(F)F)c2)C1. The van der Waals surface area contributed by atoms with Crippen LogP contribution in [0.25, 0.3) is 0 Å². The molecule has 1 aliphatic heterocycles. The van der Waals surface area contributed by atoms with E-state index in [-0.39, 0.29) is 22.8 Å². The van der Waals surface area contributed by atoms with Gasteiger partial charge in [0.15, 0.2) is 0 Å². The maximum Gasteiger partial charge on any atom is 0.418 e. The van der Waals surface area contributed by atoms with E-state index in [0.29, 0.717) is 5.56 Å². The highest BCUT2D eigenvalue weighted by atomic mass is 19.4. The lowest BCUT2D eigenvalue weighted by Crippen LogP contribution is -2.28. The highest BCUT2D eigenvalue weighted by molar-refractivity contribution is 5.69. The molecule has 0 bridgehead atoms. The van der Waals surface area contributed by atoms with Crippen LogP contribution >= 0.6 is 0 Å². The zero-order valence-electron chi connectivity index (χ0n) is 13.3. The van der Waals surface area contributed by atoms with Crippen LogP contribution in [-0.2, 0) is 6.18 Å². The second-order valence-electron chi connectivity index (χ2n) is 6.63. The fourth-order valence-electron chi connectivity index (χ4n) is 3.07. The van der Waals surface area contributed by atoms with E-state index in [9.17, 15) is 13.2 Å². The molecule has 0 aromatic heterocycles. The van der Waals surface area contributed by atoms with E-state index in [2.05, 4.69) is 18.7 Å². The molecule has 1 saturated heterocycles. The first-order chi connectivity index (χ1) is 10.1. The lowest BCUT2D eigenvalue weighted by Gasteiger charge is -2.28. The molecule has 2 atom stereocenters. The van der Waals surface area contributed by atoms with Crippen molar-refractivity contribution < 1.29 is 13.2 Å². The summed E-state index contributed by atoms with van der Waals surface area (Å²) in [4.78, 5) is 2.22. The van der Waals surface area contributed by atoms with Crippen molar-refractivity contribution in [3.05, 3.63) is 23.3 Å². The Kier molecular flexibility index (Phi) is 4.35. The van der Waals surface area contributed by atoms with Gasteiger partial charge in [-0.15, -0.1) is 0 Å². The molecule has 1 aliphatic rings. The summed E-state index contributed by atoms with van der Waals surface area (Å²) in [6.07, 6.45) is -2.37. The summed E-state index contributed by atoms with van der Waals surface area (Å²) in [6.45, 7) is 8.06. The number of hydrogen-bond donors (Lipinski definition) is 2. The molecule has 0 radical (unpaired) electrons. The van der Waals surface area contributed by atoms with Crippen LogP contribution in [-0.4, -0.2) is 18.0 Å². The Morgan fingerprint density at radius 1 is 1.32 bits per heavy atom. The largest absolute Gasteiger partial charge is 0.418 e. The van der Waals surface area contributed by atoms with Gasteiger partial charge >= 0.3 is 6.18 Å². The first-order valence-electron chi connectivity index (χ1n) is 7.57. The molecule has 1 aromatic rings. The third-order valence-corrected chi connectivity index (χ3v) is 5.01. The molecule has 0 aliphatic carbocycles. The van der Waals surface area contributed by atoms with E-state index in [1.54, 1.807) is 6.07 Å². The van der Waals surface area contributed by atoms with Crippen molar-refractivity contribution in [2.24, 2.45) is 5.41 Å². The minimum absolute atomic E-state index is 0.00544. The van der Waals surface area contributed by atoms with E-state index in [4.69, 9.17) is 11.5 Å². The van der Waals surface area contributed by atoms with Gasteiger partial charge < -0.3 is 11.5 Å². The van der Waals surface area contributed by atoms with Crippen LogP contribution in [0.1, 0.15) is 50.8 Å². The number of halogens is 3. The Labute approximate surface area is 129 Å². The van der Waals surface area contributed by atoms with Gasteiger partial charge in [0, 0.05) is 12.6 Å². The van der Waals surface area contributed by atoms with Gasteiger partial charge in [-0.05, 0) is 49.4 Å². The van der Waals surface area contributed by atoms with Crippen LogP contribution in [0.15, 0.2) is 12.1 Å². The molecule has 0 amide bonds. The molecule has 0 spiro atoms. The van der Waals surface area contributed by atoms with Crippen molar-refractivity contribution >= 4 is 11.4 Å². The van der Waals surface area contributed by atoms with Gasteiger partial charge in [-0.2, -0.15) is 13.2 Å². The van der Waals surface area contributed by atoms with Crippen molar-refractivity contribution in [2.45, 2.75) is 45.8 Å². The summed E-state index contributed by atoms with van der Waals surface area (Å²) in [5, 5.41) is 0. The van der Waals surface area contributed by atoms with Gasteiger partial charge in [0.2, 0.25) is 0 Å². The lowest BCUT2D eigenvalue weighted by atomic mass is 9.87. The van der Waals surface area contributed by atoms with Crippen LogP contribution < -0.4 is 11.5 Å². The molecule has 124 valence electrons. The number of nitrogens with zero attached hydrogens (tertiary/aromatic N) is 1. The van der Waals surface area contributed by atoms with Crippen LogP contribution in [0.4, 0.5) is 24.5 Å². The first-order valence-corrected chi connectivity index (χ1v) is 7.57. The minimum atomic E-state index is -4.49. The van der Waals surface area contributed by atoms with E-state index in [1.807, 2.05) is 6.92 Å². The number of nitrogen functional groups attached to an aromatic ring is 2. The highest BCUT2D eigenvalue weighted by Crippen LogP contribution is 2.41. The molecule has 6 heteroatoms. The summed E-state index contributed by atoms with van der Waals surface area (Å²) in [5.74, 6) is 0. The second-order valence-corrected chi connectivity index (χ2v) is 6.63. The summed E-state index contributed by atoms with van der Waals surface area (Å²) in [7, 11) is 0. The van der Waals surface area contributed by atoms with E-state index in [0.717, 1.165) is 32.0 Å². The third-order valence-electron chi connectivity index (χ3n) is 5.01. The Hall–Kier alpha value is -1.43. The number of likely N-dealkylation sites (tertiary alicyclic amines) is 1. The van der Waals surface area contributed by atoms with Crippen molar-refractivity contribution in [1.82, 2.24) is 4.90 Å². The average Bonchev–Trinajstić information content (AvgIpc) is 2.83. The number of nitrogens with two attached hydrogens (primary N) is 2. The Balaban J connectivity index is 2.31. The van der Waals surface area contributed by atoms with Gasteiger partial charge in [-0.1, -0.05) is 13.8 Å². The Morgan fingerprint density at radius 3 is 2.45 bits per heavy atom. The van der Waals surface area contributed by atoms with E-state index in [1.165, 1.54) is 0 Å². The number of hydrogen-bond acceptors (Lipinski definition) is 3. The smallest absolute Gasteiger partial charge is 0.397 e. The van der Waals surface area contributed by atoms with Gasteiger partial charge in [0.05, 0.1) is 16.9 Å². The fourth-order valence-corrected chi connectivity index (χ4v) is 3.07. The van der Waals surface area contributed by atoms with Gasteiger partial charge in [-0.25, -0.2) is 0 Å². The van der Waals surface area contributed by atoms with Gasteiger partial charge in [-0.3, -0.25) is 4.90 Å². The number of benzene rings is 1. The molecule has 2 rings (SSSR count). The summed E-state index contributed by atoms with van der Waals surface area (Å²) in [5.41, 5.74) is 10.8. The molecule has 2 unspecified atom stereocenters. The van der Waals surface area contributed by atoms with E-state index < -0.39 is 11.7 Å². The number of rotatable bonds is 3. The number of anilines is 2. The third kappa shape index (κ3) is 3.16. The predicted octanol–water partition coefficient (Wildman–Crippen LogP) is 4.05. The zero-order chi connectivity index (χ0) is 16.7. The number of alkyl halides is 3. The molecule has 0 saturated carbocycles. The highest BCUT2D eigenvalue weighted by Gasteiger charge is 2.37. The summed E-state index contributed by atoms with van der Waals surface area (Å²) >= 11 is 0. The summed E-state index contributed by atoms with van der Waals surface area (Å²) in [6, 6.07) is 2.59. The molecule has 1 aromatic carbocycles. The monoisotopic (exact) mass is 315 g/mol. The molecular weight excluding hydrogens is 291 g/mol. The lowest BCUT2D eigenvalue weighted by molar-refractivity contribution is -0.136. The Bertz CT molecular complexity index is 556. The average molecular weight is 315 g/mol. The summed E-state index contributed by atoms with van der Waals surface area (Å²) < 4.78 is 39.2. The molecule has 4 N–H and O–H groups in total.